The molecule has 1 N–H and O–H groups in total. The number of nitrogens with zero attached hydrogens (tertiary/aromatic N) is 2. The highest BCUT2D eigenvalue weighted by atomic mass is 16.6. The monoisotopic (exact) mass is 486 g/mol. The van der Waals surface area contributed by atoms with E-state index in [4.69, 9.17) is 4.84 Å². The number of rotatable bonds is 4. The van der Waals surface area contributed by atoms with Crippen LogP contribution < -0.4 is 0 Å². The van der Waals surface area contributed by atoms with Crippen molar-refractivity contribution in [1.82, 2.24) is 0 Å². The lowest BCUT2D eigenvalue weighted by molar-refractivity contribution is 0.000719. The number of carboxylic acid groups (broad SMARTS) is 1. The van der Waals surface area contributed by atoms with Crippen LogP contribution in [-0.2, 0) is 10.3 Å². The predicted molar refractivity (Wildman–Crippen MR) is 141 cm³/mol. The van der Waals surface area contributed by atoms with Gasteiger partial charge in [-0.2, -0.15) is 5.26 Å². The molecule has 2 fully saturated rings. The van der Waals surface area contributed by atoms with Crippen molar-refractivity contribution in [2.45, 2.75) is 96.5 Å². The maximum absolute atomic E-state index is 12.2. The van der Waals surface area contributed by atoms with Gasteiger partial charge < -0.3 is 9.94 Å². The topological polar surface area (TPSA) is 82.7 Å². The third-order valence-electron chi connectivity index (χ3n) is 9.60. The lowest BCUT2D eigenvalue weighted by Gasteiger charge is -2.54. The normalized spacial score (nSPS) is 32.8. The SMILES string of the molecule is CC(C)(C)O/N=C1/C=C2CC[C@@H]3C(=C2CC1)CC[C@@]1(C)[C@H]3CC[C@]1(CC#N)c1ccccc1C(=O)O. The summed E-state index contributed by atoms with van der Waals surface area (Å²) in [5.41, 5.74) is 6.10. The van der Waals surface area contributed by atoms with Crippen LogP contribution >= 0.6 is 0 Å². The fourth-order valence-corrected chi connectivity index (χ4v) is 8.00. The zero-order valence-corrected chi connectivity index (χ0v) is 22.1. The quantitative estimate of drug-likeness (QED) is 0.451. The van der Waals surface area contributed by atoms with Gasteiger partial charge in [0.1, 0.15) is 5.60 Å². The Morgan fingerprint density at radius 2 is 1.94 bits per heavy atom. The fraction of sp³-hybridized carbons (Fsp3) is 0.581. The molecule has 0 amide bonds. The van der Waals surface area contributed by atoms with Crippen LogP contribution in [0.4, 0.5) is 0 Å². The molecule has 1 aromatic rings. The van der Waals surface area contributed by atoms with Gasteiger partial charge in [0.15, 0.2) is 0 Å². The van der Waals surface area contributed by atoms with Crippen molar-refractivity contribution < 1.29 is 14.7 Å². The number of nitriles is 1. The van der Waals surface area contributed by atoms with Gasteiger partial charge in [-0.05, 0) is 118 Å². The van der Waals surface area contributed by atoms with Crippen LogP contribution in [0.25, 0.3) is 0 Å². The summed E-state index contributed by atoms with van der Waals surface area (Å²) in [6, 6.07) is 9.91. The van der Waals surface area contributed by atoms with Crippen molar-refractivity contribution in [2.24, 2.45) is 22.4 Å². The molecule has 4 aliphatic rings. The standard InChI is InChI=1S/C31H38N2O3/c1-29(2,3)36-33-21-10-12-22-20(19-21)9-11-24-23(22)13-15-30(4)26(24)14-16-31(30,17-18-32)27-8-6-5-7-25(27)28(34)35/h5-8,19,24,26H,9-17H2,1-4H3,(H,34,35)/b33-21+/t24-,26+,30+,31+/m1/s1. The molecule has 5 heteroatoms. The van der Waals surface area contributed by atoms with Crippen LogP contribution in [0.2, 0.25) is 0 Å². The molecule has 0 bridgehead atoms. The van der Waals surface area contributed by atoms with Crippen molar-refractivity contribution in [3.05, 3.63) is 58.2 Å². The zero-order chi connectivity index (χ0) is 25.7. The molecule has 0 aromatic heterocycles. The van der Waals surface area contributed by atoms with Crippen LogP contribution in [0.5, 0.6) is 0 Å². The molecule has 0 heterocycles. The molecule has 4 aliphatic carbocycles. The minimum Gasteiger partial charge on any atom is -0.478 e. The Balaban J connectivity index is 1.51. The summed E-state index contributed by atoms with van der Waals surface area (Å²) in [7, 11) is 0. The van der Waals surface area contributed by atoms with Gasteiger partial charge in [-0.1, -0.05) is 35.9 Å². The van der Waals surface area contributed by atoms with Gasteiger partial charge in [-0.25, -0.2) is 4.79 Å². The van der Waals surface area contributed by atoms with Crippen molar-refractivity contribution in [3.8, 4) is 6.07 Å². The van der Waals surface area contributed by atoms with Crippen molar-refractivity contribution >= 4 is 11.7 Å². The molecule has 2 saturated carbocycles. The van der Waals surface area contributed by atoms with E-state index in [1.165, 1.54) is 5.57 Å². The number of oxime groups is 1. The maximum atomic E-state index is 12.2. The Labute approximate surface area is 214 Å². The molecular formula is C31H38N2O3. The minimum absolute atomic E-state index is 0.0912. The van der Waals surface area contributed by atoms with Crippen molar-refractivity contribution in [1.29, 1.82) is 5.26 Å². The highest BCUT2D eigenvalue weighted by Gasteiger charge is 2.62. The van der Waals surface area contributed by atoms with Crippen molar-refractivity contribution in [2.75, 3.05) is 0 Å². The van der Waals surface area contributed by atoms with E-state index in [0.717, 1.165) is 62.6 Å². The molecular weight excluding hydrogens is 448 g/mol. The van der Waals surface area contributed by atoms with Crippen LogP contribution in [0.3, 0.4) is 0 Å². The Morgan fingerprint density at radius 1 is 1.17 bits per heavy atom. The predicted octanol–water partition coefficient (Wildman–Crippen LogP) is 7.34. The smallest absolute Gasteiger partial charge is 0.335 e. The second-order valence-electron chi connectivity index (χ2n) is 12.4. The molecule has 4 atom stereocenters. The molecule has 0 unspecified atom stereocenters. The average molecular weight is 487 g/mol. The number of aromatic carboxylic acids is 1. The summed E-state index contributed by atoms with van der Waals surface area (Å²) in [6.07, 6.45) is 10.7. The number of fused-ring (bicyclic) bond motifs is 4. The Hall–Kier alpha value is -2.87. The highest BCUT2D eigenvalue weighted by molar-refractivity contribution is 5.97. The first-order valence-corrected chi connectivity index (χ1v) is 13.5. The first kappa shape index (κ1) is 24.8. The summed E-state index contributed by atoms with van der Waals surface area (Å²) >= 11 is 0. The summed E-state index contributed by atoms with van der Waals surface area (Å²) < 4.78 is 0. The summed E-state index contributed by atoms with van der Waals surface area (Å²) in [6.45, 7) is 8.43. The maximum Gasteiger partial charge on any atom is 0.335 e. The number of allylic oxidation sites excluding steroid dienone is 4. The van der Waals surface area contributed by atoms with Gasteiger partial charge in [0.25, 0.3) is 0 Å². The second kappa shape index (κ2) is 8.91. The molecule has 36 heavy (non-hydrogen) atoms. The number of carbonyl (C=O) groups is 1. The first-order chi connectivity index (χ1) is 17.1. The number of hydrogen-bond acceptors (Lipinski definition) is 4. The third kappa shape index (κ3) is 3.90. The van der Waals surface area contributed by atoms with Gasteiger partial charge in [-0.15, -0.1) is 0 Å². The van der Waals surface area contributed by atoms with Crippen LogP contribution in [-0.4, -0.2) is 22.4 Å². The lowest BCUT2D eigenvalue weighted by Crippen LogP contribution is -2.48. The van der Waals surface area contributed by atoms with Gasteiger partial charge in [0, 0.05) is 11.8 Å². The highest BCUT2D eigenvalue weighted by Crippen LogP contribution is 2.68. The van der Waals surface area contributed by atoms with Crippen molar-refractivity contribution in [3.63, 3.8) is 0 Å². The number of hydrogen-bond donors (Lipinski definition) is 1. The number of carboxylic acids is 1. The first-order valence-electron chi connectivity index (χ1n) is 13.5. The van der Waals surface area contributed by atoms with E-state index in [0.29, 0.717) is 23.8 Å². The van der Waals surface area contributed by atoms with Gasteiger partial charge in [0.2, 0.25) is 0 Å². The van der Waals surface area contributed by atoms with E-state index in [1.54, 1.807) is 23.3 Å². The molecule has 5 nitrogen and oxygen atoms in total. The van der Waals surface area contributed by atoms with Gasteiger partial charge >= 0.3 is 5.97 Å². The molecule has 190 valence electrons. The third-order valence-corrected chi connectivity index (χ3v) is 9.60. The van der Waals surface area contributed by atoms with E-state index in [1.807, 2.05) is 32.9 Å². The molecule has 0 radical (unpaired) electrons. The molecule has 0 saturated heterocycles. The molecule has 0 spiro atoms. The Kier molecular flexibility index (Phi) is 6.14. The Bertz CT molecular complexity index is 1210. The summed E-state index contributed by atoms with van der Waals surface area (Å²) in [5.74, 6) is 0.110. The van der Waals surface area contributed by atoms with E-state index in [9.17, 15) is 15.2 Å². The Morgan fingerprint density at radius 3 is 2.67 bits per heavy atom. The minimum atomic E-state index is -0.892. The number of benzene rings is 1. The lowest BCUT2D eigenvalue weighted by atomic mass is 9.50. The van der Waals surface area contributed by atoms with Gasteiger partial charge in [0.05, 0.1) is 17.3 Å². The van der Waals surface area contributed by atoms with E-state index in [2.05, 4.69) is 24.2 Å². The fourth-order valence-electron chi connectivity index (χ4n) is 8.00. The molecule has 5 rings (SSSR count). The average Bonchev–Trinajstić information content (AvgIpc) is 3.15. The largest absolute Gasteiger partial charge is 0.478 e. The van der Waals surface area contributed by atoms with E-state index < -0.39 is 11.4 Å². The summed E-state index contributed by atoms with van der Waals surface area (Å²) in [5, 5.41) is 24.4. The van der Waals surface area contributed by atoms with Crippen LogP contribution in [0.15, 0.2) is 52.2 Å². The van der Waals surface area contributed by atoms with E-state index in [-0.39, 0.29) is 11.0 Å². The van der Waals surface area contributed by atoms with Gasteiger partial charge in [-0.3, -0.25) is 0 Å². The molecule has 0 aliphatic heterocycles. The summed E-state index contributed by atoms with van der Waals surface area (Å²) in [4.78, 5) is 17.9. The van der Waals surface area contributed by atoms with E-state index >= 15 is 0 Å². The zero-order valence-electron chi connectivity index (χ0n) is 22.1. The van der Waals surface area contributed by atoms with Crippen LogP contribution in [0, 0.1) is 28.6 Å². The molecule has 1 aromatic carbocycles. The second-order valence-corrected chi connectivity index (χ2v) is 12.4. The van der Waals surface area contributed by atoms with Crippen LogP contribution in [0.1, 0.15) is 101 Å².